The summed E-state index contributed by atoms with van der Waals surface area (Å²) in [4.78, 5) is 0. The average Bonchev–Trinajstić information content (AvgIpc) is 2.36. The van der Waals surface area contributed by atoms with Crippen LogP contribution in [0.2, 0.25) is 10.0 Å². The SMILES string of the molecule is CNC(c1ccc(Cl)c(Cl)c1)C1CCCOC1. The fourth-order valence-electron chi connectivity index (χ4n) is 2.41. The van der Waals surface area contributed by atoms with Crippen molar-refractivity contribution in [2.75, 3.05) is 20.3 Å². The predicted molar refractivity (Wildman–Crippen MR) is 71.8 cm³/mol. The van der Waals surface area contributed by atoms with Crippen molar-refractivity contribution in [2.45, 2.75) is 18.9 Å². The maximum atomic E-state index is 6.06. The minimum Gasteiger partial charge on any atom is -0.381 e. The molecule has 2 unspecified atom stereocenters. The van der Waals surface area contributed by atoms with Crippen molar-refractivity contribution in [3.8, 4) is 0 Å². The third-order valence-electron chi connectivity index (χ3n) is 3.28. The van der Waals surface area contributed by atoms with Gasteiger partial charge in [-0.05, 0) is 37.6 Å². The summed E-state index contributed by atoms with van der Waals surface area (Å²) in [5.41, 5.74) is 1.18. The standard InChI is InChI=1S/C13H17Cl2NO/c1-16-13(10-3-2-6-17-8-10)9-4-5-11(14)12(15)7-9/h4-5,7,10,13,16H,2-3,6,8H2,1H3. The van der Waals surface area contributed by atoms with Gasteiger partial charge in [-0.2, -0.15) is 0 Å². The molecule has 1 saturated heterocycles. The van der Waals surface area contributed by atoms with E-state index in [0.29, 0.717) is 16.0 Å². The molecule has 94 valence electrons. The van der Waals surface area contributed by atoms with Gasteiger partial charge in [0.2, 0.25) is 0 Å². The zero-order valence-electron chi connectivity index (χ0n) is 9.88. The van der Waals surface area contributed by atoms with E-state index < -0.39 is 0 Å². The summed E-state index contributed by atoms with van der Waals surface area (Å²) in [5.74, 6) is 0.506. The monoisotopic (exact) mass is 273 g/mol. The zero-order valence-corrected chi connectivity index (χ0v) is 11.4. The van der Waals surface area contributed by atoms with Gasteiger partial charge in [-0.15, -0.1) is 0 Å². The summed E-state index contributed by atoms with van der Waals surface area (Å²) in [6.45, 7) is 1.69. The second-order valence-corrected chi connectivity index (χ2v) is 5.23. The summed E-state index contributed by atoms with van der Waals surface area (Å²) in [6, 6.07) is 6.11. The summed E-state index contributed by atoms with van der Waals surface area (Å²) >= 11 is 12.0. The van der Waals surface area contributed by atoms with Gasteiger partial charge in [0.05, 0.1) is 16.7 Å². The Balaban J connectivity index is 2.18. The molecule has 1 aromatic carbocycles. The smallest absolute Gasteiger partial charge is 0.0595 e. The third-order valence-corrected chi connectivity index (χ3v) is 4.02. The maximum Gasteiger partial charge on any atom is 0.0595 e. The van der Waals surface area contributed by atoms with Gasteiger partial charge in [0.15, 0.2) is 0 Å². The summed E-state index contributed by atoms with van der Waals surface area (Å²) < 4.78 is 5.54. The Bertz CT molecular complexity index is 378. The van der Waals surface area contributed by atoms with Crippen LogP contribution in [0.15, 0.2) is 18.2 Å². The second kappa shape index (κ2) is 6.05. The van der Waals surface area contributed by atoms with Crippen molar-refractivity contribution in [1.29, 1.82) is 0 Å². The predicted octanol–water partition coefficient (Wildman–Crippen LogP) is 3.68. The van der Waals surface area contributed by atoms with E-state index in [9.17, 15) is 0 Å². The number of hydrogen-bond donors (Lipinski definition) is 1. The van der Waals surface area contributed by atoms with Gasteiger partial charge in [0, 0.05) is 18.6 Å². The van der Waals surface area contributed by atoms with Crippen LogP contribution in [0, 0.1) is 5.92 Å². The molecular weight excluding hydrogens is 257 g/mol. The molecule has 1 fully saturated rings. The lowest BCUT2D eigenvalue weighted by Crippen LogP contribution is -2.31. The molecule has 0 spiro atoms. The van der Waals surface area contributed by atoms with Crippen LogP contribution in [0.4, 0.5) is 0 Å². The van der Waals surface area contributed by atoms with Crippen LogP contribution in [0.25, 0.3) is 0 Å². The molecule has 0 aliphatic carbocycles. The molecule has 1 heterocycles. The van der Waals surface area contributed by atoms with E-state index in [4.69, 9.17) is 27.9 Å². The van der Waals surface area contributed by atoms with E-state index in [1.165, 1.54) is 12.0 Å². The molecule has 0 saturated carbocycles. The average molecular weight is 274 g/mol. The number of benzene rings is 1. The molecule has 1 aliphatic rings. The Kier molecular flexibility index (Phi) is 4.69. The maximum absolute atomic E-state index is 6.06. The van der Waals surface area contributed by atoms with Crippen LogP contribution in [-0.4, -0.2) is 20.3 Å². The molecule has 2 nitrogen and oxygen atoms in total. The van der Waals surface area contributed by atoms with Crippen LogP contribution in [-0.2, 0) is 4.74 Å². The molecule has 4 heteroatoms. The molecule has 17 heavy (non-hydrogen) atoms. The highest BCUT2D eigenvalue weighted by Crippen LogP contribution is 2.32. The number of halogens is 2. The van der Waals surface area contributed by atoms with Crippen LogP contribution in [0.3, 0.4) is 0 Å². The molecular formula is C13H17Cl2NO. The van der Waals surface area contributed by atoms with Gasteiger partial charge >= 0.3 is 0 Å². The molecule has 0 amide bonds. The van der Waals surface area contributed by atoms with Crippen LogP contribution >= 0.6 is 23.2 Å². The van der Waals surface area contributed by atoms with Crippen molar-refractivity contribution < 1.29 is 4.74 Å². The highest BCUT2D eigenvalue weighted by Gasteiger charge is 2.24. The first-order chi connectivity index (χ1) is 8.22. The molecule has 1 aliphatic heterocycles. The van der Waals surface area contributed by atoms with Gasteiger partial charge in [-0.3, -0.25) is 0 Å². The quantitative estimate of drug-likeness (QED) is 0.907. The fourth-order valence-corrected chi connectivity index (χ4v) is 2.72. The molecule has 2 atom stereocenters. The van der Waals surface area contributed by atoms with Gasteiger partial charge < -0.3 is 10.1 Å². The fraction of sp³-hybridized carbons (Fsp3) is 0.538. The number of nitrogens with one attached hydrogen (secondary N) is 1. The van der Waals surface area contributed by atoms with Gasteiger partial charge in [0.1, 0.15) is 0 Å². The number of hydrogen-bond acceptors (Lipinski definition) is 2. The van der Waals surface area contributed by atoms with Crippen LogP contribution in [0.5, 0.6) is 0 Å². The van der Waals surface area contributed by atoms with E-state index >= 15 is 0 Å². The van der Waals surface area contributed by atoms with Crippen molar-refractivity contribution in [3.05, 3.63) is 33.8 Å². The Morgan fingerprint density at radius 1 is 1.35 bits per heavy atom. The highest BCUT2D eigenvalue weighted by atomic mass is 35.5. The Hall–Kier alpha value is -0.280. The van der Waals surface area contributed by atoms with E-state index in [0.717, 1.165) is 19.6 Å². The van der Waals surface area contributed by atoms with Crippen molar-refractivity contribution in [1.82, 2.24) is 5.32 Å². The third kappa shape index (κ3) is 3.14. The van der Waals surface area contributed by atoms with Gasteiger partial charge in [-0.1, -0.05) is 29.3 Å². The van der Waals surface area contributed by atoms with Crippen LogP contribution in [0.1, 0.15) is 24.4 Å². The molecule has 0 aromatic heterocycles. The number of ether oxygens (including phenoxy) is 1. The lowest BCUT2D eigenvalue weighted by molar-refractivity contribution is 0.0402. The van der Waals surface area contributed by atoms with Gasteiger partial charge in [0.25, 0.3) is 0 Å². The Morgan fingerprint density at radius 3 is 2.76 bits per heavy atom. The number of rotatable bonds is 3. The van der Waals surface area contributed by atoms with E-state index in [1.54, 1.807) is 0 Å². The minimum absolute atomic E-state index is 0.282. The lowest BCUT2D eigenvalue weighted by atomic mass is 9.89. The summed E-state index contributed by atoms with van der Waals surface area (Å²) in [6.07, 6.45) is 2.32. The first-order valence-corrected chi connectivity index (χ1v) is 6.68. The second-order valence-electron chi connectivity index (χ2n) is 4.42. The molecule has 0 bridgehead atoms. The summed E-state index contributed by atoms with van der Waals surface area (Å²) in [5, 5.41) is 4.57. The first kappa shape index (κ1) is 13.2. The minimum atomic E-state index is 0.282. The zero-order chi connectivity index (χ0) is 12.3. The van der Waals surface area contributed by atoms with E-state index in [1.807, 2.05) is 25.2 Å². The van der Waals surface area contributed by atoms with Crippen LogP contribution < -0.4 is 5.32 Å². The van der Waals surface area contributed by atoms with Gasteiger partial charge in [-0.25, -0.2) is 0 Å². The molecule has 0 radical (unpaired) electrons. The Morgan fingerprint density at radius 2 is 2.18 bits per heavy atom. The molecule has 1 N–H and O–H groups in total. The molecule has 1 aromatic rings. The van der Waals surface area contributed by atoms with Crippen molar-refractivity contribution in [2.24, 2.45) is 5.92 Å². The van der Waals surface area contributed by atoms with E-state index in [2.05, 4.69) is 5.32 Å². The normalized spacial score (nSPS) is 22.4. The Labute approximate surface area is 112 Å². The topological polar surface area (TPSA) is 21.3 Å². The van der Waals surface area contributed by atoms with Crippen molar-refractivity contribution >= 4 is 23.2 Å². The highest BCUT2D eigenvalue weighted by molar-refractivity contribution is 6.42. The first-order valence-electron chi connectivity index (χ1n) is 5.92. The largest absolute Gasteiger partial charge is 0.381 e. The van der Waals surface area contributed by atoms with E-state index in [-0.39, 0.29) is 6.04 Å². The molecule has 2 rings (SSSR count). The van der Waals surface area contributed by atoms with Crippen molar-refractivity contribution in [3.63, 3.8) is 0 Å². The lowest BCUT2D eigenvalue weighted by Gasteiger charge is -2.30. The summed E-state index contributed by atoms with van der Waals surface area (Å²) in [7, 11) is 1.97.